The quantitative estimate of drug-likeness (QED) is 0.406. The lowest BCUT2D eigenvalue weighted by molar-refractivity contribution is -0.148. The first-order valence-corrected chi connectivity index (χ1v) is 19.9. The van der Waals surface area contributed by atoms with Gasteiger partial charge >= 0.3 is 0 Å². The normalized spacial score (nSPS) is 49.3. The van der Waals surface area contributed by atoms with Crippen LogP contribution in [0.2, 0.25) is 39.3 Å². The van der Waals surface area contributed by atoms with Crippen LogP contribution in [0.1, 0.15) is 78.6 Å². The average Bonchev–Trinajstić information content (AvgIpc) is 2.83. The van der Waals surface area contributed by atoms with E-state index in [1.807, 2.05) is 0 Å². The lowest BCUT2D eigenvalue weighted by atomic mass is 9.44. The fraction of sp³-hybridized carbons (Fsp3) is 1.00. The molecule has 4 saturated carbocycles. The molecule has 4 heteroatoms. The molecule has 0 aliphatic heterocycles. The Hall–Kier alpha value is 0.354. The molecular weight excluding hydrogens is 400 g/mol. The molecule has 4 aliphatic rings. The van der Waals surface area contributed by atoms with Crippen LogP contribution in [0.25, 0.3) is 0 Å². The highest BCUT2D eigenvalue weighted by Crippen LogP contribution is 2.69. The van der Waals surface area contributed by atoms with Crippen molar-refractivity contribution in [2.45, 2.75) is 130 Å². The summed E-state index contributed by atoms with van der Waals surface area (Å²) in [6.45, 7) is 22.0. The minimum atomic E-state index is -1.54. The molecule has 4 fully saturated rings. The predicted molar refractivity (Wildman–Crippen MR) is 133 cm³/mol. The summed E-state index contributed by atoms with van der Waals surface area (Å²) >= 11 is 0. The van der Waals surface area contributed by atoms with Crippen molar-refractivity contribution < 1.29 is 8.85 Å². The monoisotopic (exact) mass is 450 g/mol. The fourth-order valence-corrected chi connectivity index (χ4v) is 11.8. The molecule has 0 spiro atoms. The van der Waals surface area contributed by atoms with Crippen LogP contribution in [0.3, 0.4) is 0 Å². The summed E-state index contributed by atoms with van der Waals surface area (Å²) in [4.78, 5) is 0. The third kappa shape index (κ3) is 3.94. The van der Waals surface area contributed by atoms with Crippen LogP contribution in [0.4, 0.5) is 0 Å². The van der Waals surface area contributed by atoms with Crippen molar-refractivity contribution in [3.05, 3.63) is 0 Å². The molecule has 4 rings (SSSR count). The van der Waals surface area contributed by atoms with Gasteiger partial charge in [0.25, 0.3) is 0 Å². The summed E-state index contributed by atoms with van der Waals surface area (Å²) in [6, 6.07) is 0. The van der Waals surface area contributed by atoms with E-state index in [9.17, 15) is 0 Å². The Morgan fingerprint density at radius 1 is 0.700 bits per heavy atom. The Balaban J connectivity index is 1.52. The molecule has 0 radical (unpaired) electrons. The summed E-state index contributed by atoms with van der Waals surface area (Å²) < 4.78 is 13.6. The highest BCUT2D eigenvalue weighted by atomic mass is 28.4. The maximum atomic E-state index is 6.96. The van der Waals surface area contributed by atoms with E-state index in [0.29, 0.717) is 16.9 Å². The largest absolute Gasteiger partial charge is 0.415 e. The van der Waals surface area contributed by atoms with Gasteiger partial charge in [-0.2, -0.15) is 0 Å². The Kier molecular flexibility index (Phi) is 5.82. The molecule has 4 aliphatic carbocycles. The number of rotatable bonds is 4. The number of hydrogen-bond donors (Lipinski definition) is 0. The van der Waals surface area contributed by atoms with Gasteiger partial charge in [0.15, 0.2) is 16.6 Å². The Morgan fingerprint density at radius 3 is 2.00 bits per heavy atom. The average molecular weight is 451 g/mol. The predicted octanol–water partition coefficient (Wildman–Crippen LogP) is 7.86. The molecule has 0 heterocycles. The van der Waals surface area contributed by atoms with Crippen LogP contribution in [0, 0.1) is 34.5 Å². The van der Waals surface area contributed by atoms with Crippen LogP contribution in [0.15, 0.2) is 0 Å². The zero-order valence-electron chi connectivity index (χ0n) is 21.6. The molecule has 0 aromatic rings. The number of hydrogen-bond acceptors (Lipinski definition) is 2. The van der Waals surface area contributed by atoms with Crippen molar-refractivity contribution in [1.29, 1.82) is 0 Å². The Morgan fingerprint density at radius 2 is 1.37 bits per heavy atom. The van der Waals surface area contributed by atoms with Crippen LogP contribution in [-0.4, -0.2) is 28.3 Å². The maximum absolute atomic E-state index is 6.96. The van der Waals surface area contributed by atoms with Gasteiger partial charge in [-0.15, -0.1) is 0 Å². The van der Waals surface area contributed by atoms with E-state index < -0.39 is 16.6 Å². The summed E-state index contributed by atoms with van der Waals surface area (Å²) in [5.74, 6) is 3.65. The van der Waals surface area contributed by atoms with E-state index in [1.54, 1.807) is 0 Å². The van der Waals surface area contributed by atoms with Gasteiger partial charge in [-0.05, 0) is 138 Å². The SMILES string of the molecule is CC12CC[C@@H](O[Si](C)(C)C)C[C@H]1CCC1C2CCC2(C)C1CC[C@@]2(C)O[Si](C)(C)C. The first kappa shape index (κ1) is 23.5. The second kappa shape index (κ2) is 7.43. The van der Waals surface area contributed by atoms with Gasteiger partial charge in [0.2, 0.25) is 0 Å². The third-order valence-electron chi connectivity index (χ3n) is 10.2. The lowest BCUT2D eigenvalue weighted by Crippen LogP contribution is -2.58. The molecule has 0 N–H and O–H groups in total. The smallest absolute Gasteiger partial charge is 0.184 e. The van der Waals surface area contributed by atoms with Gasteiger partial charge in [-0.1, -0.05) is 13.8 Å². The lowest BCUT2D eigenvalue weighted by Gasteiger charge is -2.62. The van der Waals surface area contributed by atoms with Crippen LogP contribution in [0.5, 0.6) is 0 Å². The van der Waals surface area contributed by atoms with E-state index in [0.717, 1.165) is 23.7 Å². The highest BCUT2D eigenvalue weighted by Gasteiger charge is 2.64. The standard InChI is InChI=1S/C26H50O2Si2/c1-24-15-12-20(27-29(4,5)6)18-19(24)10-11-21-22(24)13-16-25(2)23(21)14-17-26(25,3)28-30(7,8)9/h19-23H,10-18H2,1-9H3/t19-,20-,21?,22?,23?,24?,25?,26-/m1/s1. The molecule has 5 unspecified atom stereocenters. The first-order chi connectivity index (χ1) is 13.7. The molecule has 0 saturated heterocycles. The fourth-order valence-electron chi connectivity index (χ4n) is 8.89. The molecular formula is C26H50O2Si2. The third-order valence-corrected chi connectivity index (χ3v) is 12.3. The minimum Gasteiger partial charge on any atom is -0.415 e. The van der Waals surface area contributed by atoms with Crippen molar-refractivity contribution in [3.63, 3.8) is 0 Å². The second-order valence-corrected chi connectivity index (χ2v) is 23.1. The zero-order chi connectivity index (χ0) is 22.2. The topological polar surface area (TPSA) is 18.5 Å². The summed E-state index contributed by atoms with van der Waals surface area (Å²) in [5, 5.41) is 0. The van der Waals surface area contributed by atoms with Crippen molar-refractivity contribution in [3.8, 4) is 0 Å². The van der Waals surface area contributed by atoms with E-state index in [4.69, 9.17) is 8.85 Å². The molecule has 0 bridgehead atoms. The Labute approximate surface area is 189 Å². The molecule has 0 aromatic heterocycles. The van der Waals surface area contributed by atoms with Gasteiger partial charge in [-0.25, -0.2) is 0 Å². The number of fused-ring (bicyclic) bond motifs is 5. The van der Waals surface area contributed by atoms with E-state index in [1.165, 1.54) is 57.8 Å². The van der Waals surface area contributed by atoms with Crippen molar-refractivity contribution in [2.24, 2.45) is 34.5 Å². The highest BCUT2D eigenvalue weighted by molar-refractivity contribution is 6.70. The van der Waals surface area contributed by atoms with Gasteiger partial charge in [0.1, 0.15) is 0 Å². The molecule has 0 amide bonds. The van der Waals surface area contributed by atoms with Crippen molar-refractivity contribution >= 4 is 16.6 Å². The minimum absolute atomic E-state index is 0.105. The van der Waals surface area contributed by atoms with E-state index in [-0.39, 0.29) is 5.60 Å². The van der Waals surface area contributed by atoms with Crippen LogP contribution in [-0.2, 0) is 8.85 Å². The van der Waals surface area contributed by atoms with Gasteiger partial charge in [-0.3, -0.25) is 0 Å². The maximum Gasteiger partial charge on any atom is 0.184 e. The van der Waals surface area contributed by atoms with E-state index in [2.05, 4.69) is 60.1 Å². The summed E-state index contributed by atoms with van der Waals surface area (Å²) in [6.07, 6.45) is 13.0. The second-order valence-electron chi connectivity index (χ2n) is 14.2. The Bertz CT molecular complexity index is 652. The molecule has 0 aromatic carbocycles. The van der Waals surface area contributed by atoms with E-state index >= 15 is 0 Å². The van der Waals surface area contributed by atoms with Gasteiger partial charge in [0.05, 0.1) is 5.60 Å². The van der Waals surface area contributed by atoms with Gasteiger partial charge < -0.3 is 8.85 Å². The molecule has 2 nitrogen and oxygen atoms in total. The van der Waals surface area contributed by atoms with Crippen LogP contribution < -0.4 is 0 Å². The zero-order valence-corrected chi connectivity index (χ0v) is 23.6. The molecule has 174 valence electrons. The van der Waals surface area contributed by atoms with Gasteiger partial charge in [0, 0.05) is 6.10 Å². The van der Waals surface area contributed by atoms with Crippen LogP contribution >= 0.6 is 0 Å². The summed E-state index contributed by atoms with van der Waals surface area (Å²) in [7, 11) is -2.98. The first-order valence-electron chi connectivity index (χ1n) is 13.0. The molecule has 8 atom stereocenters. The van der Waals surface area contributed by atoms with Crippen molar-refractivity contribution in [1.82, 2.24) is 0 Å². The summed E-state index contributed by atoms with van der Waals surface area (Å²) in [5.41, 5.74) is 1.05. The molecule has 30 heavy (non-hydrogen) atoms. The van der Waals surface area contributed by atoms with Crippen molar-refractivity contribution in [2.75, 3.05) is 0 Å².